The lowest BCUT2D eigenvalue weighted by Crippen LogP contribution is -2.25. The molecule has 7 rings (SSSR count). The van der Waals surface area contributed by atoms with Crippen molar-refractivity contribution in [3.05, 3.63) is 143 Å². The van der Waals surface area contributed by atoms with Crippen molar-refractivity contribution in [3.8, 4) is 33.4 Å². The molecule has 0 atom stereocenters. The van der Waals surface area contributed by atoms with Crippen LogP contribution in [0.5, 0.6) is 0 Å². The van der Waals surface area contributed by atoms with Crippen LogP contribution >= 0.6 is 0 Å². The van der Waals surface area contributed by atoms with Gasteiger partial charge in [-0.05, 0) is 62.6 Å². The third-order valence-electron chi connectivity index (χ3n) is 7.35. The lowest BCUT2D eigenvalue weighted by Gasteiger charge is -2.30. The zero-order chi connectivity index (χ0) is 21.3. The fourth-order valence-electron chi connectivity index (χ4n) is 6.16. The Morgan fingerprint density at radius 2 is 1.03 bits per heavy atom. The minimum absolute atomic E-state index is 0.269. The van der Waals surface area contributed by atoms with E-state index in [1.165, 1.54) is 61.2 Å². The number of hydrogen-bond donors (Lipinski definition) is 0. The minimum Gasteiger partial charge on any atom is -0.0622 e. The van der Waals surface area contributed by atoms with E-state index in [-0.39, 0.29) is 5.41 Å². The summed E-state index contributed by atoms with van der Waals surface area (Å²) >= 11 is 0. The van der Waals surface area contributed by atoms with Crippen molar-refractivity contribution in [1.82, 2.24) is 0 Å². The van der Waals surface area contributed by atoms with Gasteiger partial charge in [-0.3, -0.25) is 0 Å². The van der Waals surface area contributed by atoms with Crippen molar-refractivity contribution in [3.63, 3.8) is 0 Å². The molecule has 0 amide bonds. The summed E-state index contributed by atoms with van der Waals surface area (Å²) < 4.78 is 0. The molecule has 2 aliphatic rings. The van der Waals surface area contributed by atoms with Gasteiger partial charge in [0.2, 0.25) is 0 Å². The molecule has 0 aliphatic heterocycles. The Morgan fingerprint density at radius 3 is 1.75 bits per heavy atom. The van der Waals surface area contributed by atoms with E-state index in [1.54, 1.807) is 0 Å². The molecule has 1 spiro atoms. The second-order valence-electron chi connectivity index (χ2n) is 8.98. The molecule has 0 radical (unpaired) electrons. The van der Waals surface area contributed by atoms with Gasteiger partial charge in [0.05, 0.1) is 5.41 Å². The molecule has 32 heavy (non-hydrogen) atoms. The van der Waals surface area contributed by atoms with Crippen molar-refractivity contribution in [2.24, 2.45) is 0 Å². The largest absolute Gasteiger partial charge is 0.0725 e. The van der Waals surface area contributed by atoms with Crippen molar-refractivity contribution in [2.45, 2.75) is 12.3 Å². The van der Waals surface area contributed by atoms with E-state index in [1.807, 2.05) is 0 Å². The summed E-state index contributed by atoms with van der Waals surface area (Å²) in [4.78, 5) is 0. The van der Waals surface area contributed by atoms with Gasteiger partial charge in [-0.25, -0.2) is 0 Å². The molecule has 0 fully saturated rings. The zero-order valence-corrected chi connectivity index (χ0v) is 18.0. The molecule has 0 saturated heterocycles. The molecule has 0 saturated carbocycles. The smallest absolute Gasteiger partial charge is 0.0622 e. The van der Waals surface area contributed by atoms with E-state index < -0.39 is 0 Å². The van der Waals surface area contributed by atoms with Gasteiger partial charge in [0.1, 0.15) is 0 Å². The standard InChI is InChI=1S/C32H22/c1-21-18-19-26-30(20-21)32(27-15-7-5-12-24(27)25-13-6-8-16-28(25)32)29-17-9-14-23(31(26)29)22-10-3-2-4-11-22/h2-20H,1H3. The summed E-state index contributed by atoms with van der Waals surface area (Å²) in [6.07, 6.45) is 0. The van der Waals surface area contributed by atoms with E-state index in [2.05, 4.69) is 122 Å². The molecule has 0 aromatic heterocycles. The molecular formula is C32H22. The average Bonchev–Trinajstić information content (AvgIpc) is 3.31. The first kappa shape index (κ1) is 17.7. The third-order valence-corrected chi connectivity index (χ3v) is 7.35. The van der Waals surface area contributed by atoms with Crippen LogP contribution < -0.4 is 0 Å². The molecule has 0 heteroatoms. The zero-order valence-electron chi connectivity index (χ0n) is 18.0. The van der Waals surface area contributed by atoms with E-state index >= 15 is 0 Å². The summed E-state index contributed by atoms with van der Waals surface area (Å²) in [6, 6.07) is 42.7. The topological polar surface area (TPSA) is 0 Å². The number of rotatable bonds is 1. The first-order valence-corrected chi connectivity index (χ1v) is 11.3. The van der Waals surface area contributed by atoms with Gasteiger partial charge in [0, 0.05) is 0 Å². The van der Waals surface area contributed by atoms with Crippen LogP contribution in [0, 0.1) is 6.92 Å². The molecule has 0 bridgehead atoms. The highest BCUT2D eigenvalue weighted by atomic mass is 14.5. The van der Waals surface area contributed by atoms with Crippen molar-refractivity contribution < 1.29 is 0 Å². The quantitative estimate of drug-likeness (QED) is 0.259. The second kappa shape index (κ2) is 6.31. The second-order valence-corrected chi connectivity index (χ2v) is 8.98. The van der Waals surface area contributed by atoms with Gasteiger partial charge in [-0.2, -0.15) is 0 Å². The Balaban J connectivity index is 1.69. The molecule has 2 aliphatic carbocycles. The van der Waals surface area contributed by atoms with Crippen molar-refractivity contribution in [1.29, 1.82) is 0 Å². The number of benzene rings is 5. The van der Waals surface area contributed by atoms with Crippen molar-refractivity contribution in [2.75, 3.05) is 0 Å². The van der Waals surface area contributed by atoms with Gasteiger partial charge >= 0.3 is 0 Å². The van der Waals surface area contributed by atoms with Crippen molar-refractivity contribution >= 4 is 0 Å². The molecule has 0 unspecified atom stereocenters. The normalized spacial score (nSPS) is 14.0. The summed E-state index contributed by atoms with van der Waals surface area (Å²) in [7, 11) is 0. The van der Waals surface area contributed by atoms with Gasteiger partial charge in [0.25, 0.3) is 0 Å². The van der Waals surface area contributed by atoms with E-state index in [9.17, 15) is 0 Å². The number of hydrogen-bond acceptors (Lipinski definition) is 0. The maximum atomic E-state index is 2.42. The Labute approximate surface area is 188 Å². The molecular weight excluding hydrogens is 384 g/mol. The van der Waals surface area contributed by atoms with Crippen LogP contribution in [0.1, 0.15) is 27.8 Å². The summed E-state index contributed by atoms with van der Waals surface area (Å²) in [5, 5.41) is 0. The molecule has 5 aromatic rings. The van der Waals surface area contributed by atoms with Crippen LogP contribution in [0.3, 0.4) is 0 Å². The van der Waals surface area contributed by atoms with Gasteiger partial charge in [-0.15, -0.1) is 0 Å². The van der Waals surface area contributed by atoms with Crippen LogP contribution in [0.2, 0.25) is 0 Å². The molecule has 0 N–H and O–H groups in total. The fraction of sp³-hybridized carbons (Fsp3) is 0.0625. The Morgan fingerprint density at radius 1 is 0.438 bits per heavy atom. The van der Waals surface area contributed by atoms with Crippen LogP contribution in [0.15, 0.2) is 115 Å². The van der Waals surface area contributed by atoms with Gasteiger partial charge in [0.15, 0.2) is 0 Å². The highest BCUT2D eigenvalue weighted by Crippen LogP contribution is 2.63. The lowest BCUT2D eigenvalue weighted by molar-refractivity contribution is 0.793. The van der Waals surface area contributed by atoms with Gasteiger partial charge < -0.3 is 0 Å². The number of fused-ring (bicyclic) bond motifs is 10. The van der Waals surface area contributed by atoms with Crippen LogP contribution in [0.25, 0.3) is 33.4 Å². The molecule has 0 nitrogen and oxygen atoms in total. The predicted octanol–water partition coefficient (Wildman–Crippen LogP) is 8.01. The molecule has 5 aromatic carbocycles. The van der Waals surface area contributed by atoms with E-state index in [4.69, 9.17) is 0 Å². The monoisotopic (exact) mass is 406 g/mol. The maximum Gasteiger partial charge on any atom is 0.0725 e. The lowest BCUT2D eigenvalue weighted by atomic mass is 9.70. The highest BCUT2D eigenvalue weighted by molar-refractivity contribution is 5.99. The SMILES string of the molecule is Cc1ccc2c(c1)C1(c3ccccc3-c3ccccc31)c1cccc(-c3ccccc3)c1-2. The molecule has 0 heterocycles. The van der Waals surface area contributed by atoms with Gasteiger partial charge in [-0.1, -0.05) is 121 Å². The fourth-order valence-corrected chi connectivity index (χ4v) is 6.16. The van der Waals surface area contributed by atoms with Crippen LogP contribution in [0.4, 0.5) is 0 Å². The van der Waals surface area contributed by atoms with Crippen LogP contribution in [-0.2, 0) is 5.41 Å². The summed E-state index contributed by atoms with van der Waals surface area (Å²) in [5.41, 5.74) is 14.7. The Bertz CT molecular complexity index is 1480. The van der Waals surface area contributed by atoms with Crippen LogP contribution in [-0.4, -0.2) is 0 Å². The summed E-state index contributed by atoms with van der Waals surface area (Å²) in [5.74, 6) is 0. The predicted molar refractivity (Wildman–Crippen MR) is 133 cm³/mol. The number of aryl methyl sites for hydroxylation is 1. The van der Waals surface area contributed by atoms with E-state index in [0.717, 1.165) is 0 Å². The third kappa shape index (κ3) is 2.07. The van der Waals surface area contributed by atoms with E-state index in [0.29, 0.717) is 0 Å². The Hall–Kier alpha value is -3.90. The molecule has 150 valence electrons. The average molecular weight is 407 g/mol. The summed E-state index contributed by atoms with van der Waals surface area (Å²) in [6.45, 7) is 2.21. The maximum absolute atomic E-state index is 2.42. The Kier molecular flexibility index (Phi) is 3.50. The first-order valence-electron chi connectivity index (χ1n) is 11.3. The minimum atomic E-state index is -0.269. The first-order chi connectivity index (χ1) is 15.8. The highest BCUT2D eigenvalue weighted by Gasteiger charge is 2.51.